The van der Waals surface area contributed by atoms with E-state index in [1.54, 1.807) is 14.2 Å². The molecule has 1 aromatic carbocycles. The lowest BCUT2D eigenvalue weighted by Crippen LogP contribution is -2.48. The van der Waals surface area contributed by atoms with Crippen molar-refractivity contribution in [1.29, 1.82) is 0 Å². The fourth-order valence-corrected chi connectivity index (χ4v) is 4.90. The van der Waals surface area contributed by atoms with Gasteiger partial charge in [-0.05, 0) is 41.0 Å². The second-order valence-electron chi connectivity index (χ2n) is 8.42. The molecule has 0 N–H and O–H groups in total. The normalized spacial score (nSPS) is 19.8. The van der Waals surface area contributed by atoms with Crippen molar-refractivity contribution in [3.8, 4) is 11.5 Å². The van der Waals surface area contributed by atoms with Crippen molar-refractivity contribution in [3.05, 3.63) is 42.2 Å². The van der Waals surface area contributed by atoms with Crippen molar-refractivity contribution in [1.82, 2.24) is 30.0 Å². The van der Waals surface area contributed by atoms with Crippen LogP contribution in [0.15, 0.2) is 30.9 Å². The smallest absolute Gasteiger partial charge is 0.173 e. The fourth-order valence-electron chi connectivity index (χ4n) is 4.90. The molecule has 4 rings (SSSR count). The number of hydrogen-bond donors (Lipinski definition) is 0. The average molecular weight is 427 g/mol. The molecule has 8 nitrogen and oxygen atoms in total. The summed E-state index contributed by atoms with van der Waals surface area (Å²) in [5.74, 6) is 2.39. The van der Waals surface area contributed by atoms with Gasteiger partial charge in [0.25, 0.3) is 0 Å². The molecule has 0 bridgehead atoms. The SMILES string of the molecule is C=CCN1CCN(C(c2ccc(OC)c(OC)c2)c2nnnn2C2CCCCC2)CC1. The Morgan fingerprint density at radius 2 is 1.81 bits per heavy atom. The van der Waals surface area contributed by atoms with Gasteiger partial charge < -0.3 is 9.47 Å². The molecule has 2 heterocycles. The van der Waals surface area contributed by atoms with Gasteiger partial charge in [-0.15, -0.1) is 11.7 Å². The van der Waals surface area contributed by atoms with Gasteiger partial charge in [-0.25, -0.2) is 4.68 Å². The predicted octanol–water partition coefficient (Wildman–Crippen LogP) is 3.09. The maximum atomic E-state index is 5.61. The molecule has 2 aromatic rings. The van der Waals surface area contributed by atoms with E-state index in [1.807, 2.05) is 12.1 Å². The average Bonchev–Trinajstić information content (AvgIpc) is 3.30. The van der Waals surface area contributed by atoms with Gasteiger partial charge in [0.15, 0.2) is 17.3 Å². The zero-order valence-electron chi connectivity index (χ0n) is 18.7. The molecule has 0 radical (unpaired) electrons. The van der Waals surface area contributed by atoms with Crippen LogP contribution in [-0.4, -0.2) is 77.0 Å². The van der Waals surface area contributed by atoms with Crippen molar-refractivity contribution in [3.63, 3.8) is 0 Å². The third-order valence-corrected chi connectivity index (χ3v) is 6.57. The summed E-state index contributed by atoms with van der Waals surface area (Å²) < 4.78 is 13.2. The van der Waals surface area contributed by atoms with Crippen LogP contribution in [0, 0.1) is 0 Å². The number of tetrazole rings is 1. The van der Waals surface area contributed by atoms with Crippen molar-refractivity contribution < 1.29 is 9.47 Å². The highest BCUT2D eigenvalue weighted by Gasteiger charge is 2.33. The molecule has 0 amide bonds. The Balaban J connectivity index is 1.69. The molecule has 1 saturated carbocycles. The van der Waals surface area contributed by atoms with Crippen molar-refractivity contribution in [2.75, 3.05) is 46.9 Å². The Morgan fingerprint density at radius 3 is 2.48 bits per heavy atom. The van der Waals surface area contributed by atoms with Crippen LogP contribution in [0.2, 0.25) is 0 Å². The molecule has 168 valence electrons. The van der Waals surface area contributed by atoms with Gasteiger partial charge in [0, 0.05) is 32.7 Å². The number of nitrogens with zero attached hydrogens (tertiary/aromatic N) is 6. The van der Waals surface area contributed by atoms with Crippen molar-refractivity contribution >= 4 is 0 Å². The van der Waals surface area contributed by atoms with Crippen LogP contribution >= 0.6 is 0 Å². The van der Waals surface area contributed by atoms with E-state index >= 15 is 0 Å². The Labute approximate surface area is 184 Å². The topological polar surface area (TPSA) is 68.5 Å². The van der Waals surface area contributed by atoms with E-state index in [4.69, 9.17) is 9.47 Å². The molecule has 2 aliphatic rings. The quantitative estimate of drug-likeness (QED) is 0.601. The molecular weight excluding hydrogens is 392 g/mol. The number of benzene rings is 1. The first-order valence-electron chi connectivity index (χ1n) is 11.3. The van der Waals surface area contributed by atoms with Crippen LogP contribution in [-0.2, 0) is 0 Å². The maximum Gasteiger partial charge on any atom is 0.173 e. The molecule has 1 saturated heterocycles. The Kier molecular flexibility index (Phi) is 7.19. The highest BCUT2D eigenvalue weighted by molar-refractivity contribution is 5.45. The zero-order valence-corrected chi connectivity index (χ0v) is 18.7. The lowest BCUT2D eigenvalue weighted by molar-refractivity contribution is 0.110. The molecule has 0 spiro atoms. The largest absolute Gasteiger partial charge is 0.493 e. The summed E-state index contributed by atoms with van der Waals surface area (Å²) in [6.45, 7) is 8.71. The van der Waals surface area contributed by atoms with Crippen LogP contribution in [0.3, 0.4) is 0 Å². The highest BCUT2D eigenvalue weighted by atomic mass is 16.5. The van der Waals surface area contributed by atoms with E-state index in [1.165, 1.54) is 19.3 Å². The predicted molar refractivity (Wildman–Crippen MR) is 120 cm³/mol. The summed E-state index contributed by atoms with van der Waals surface area (Å²) in [7, 11) is 3.34. The van der Waals surface area contributed by atoms with Crippen molar-refractivity contribution in [2.24, 2.45) is 0 Å². The van der Waals surface area contributed by atoms with Crippen LogP contribution < -0.4 is 9.47 Å². The molecular formula is C23H34N6O2. The first kappa shape index (κ1) is 21.8. The summed E-state index contributed by atoms with van der Waals surface area (Å²) in [5.41, 5.74) is 1.13. The Hall–Kier alpha value is -2.45. The van der Waals surface area contributed by atoms with Crippen LogP contribution in [0.4, 0.5) is 0 Å². The summed E-state index contributed by atoms with van der Waals surface area (Å²) in [5, 5.41) is 13.1. The molecule has 31 heavy (non-hydrogen) atoms. The van der Waals surface area contributed by atoms with E-state index in [9.17, 15) is 0 Å². The van der Waals surface area contributed by atoms with Gasteiger partial charge in [-0.2, -0.15) is 0 Å². The molecule has 1 atom stereocenters. The number of methoxy groups -OCH3 is 2. The van der Waals surface area contributed by atoms with E-state index in [0.29, 0.717) is 6.04 Å². The van der Waals surface area contributed by atoms with E-state index < -0.39 is 0 Å². The minimum absolute atomic E-state index is 0.0254. The molecule has 1 aliphatic carbocycles. The highest BCUT2D eigenvalue weighted by Crippen LogP contribution is 2.37. The maximum absolute atomic E-state index is 5.61. The number of hydrogen-bond acceptors (Lipinski definition) is 7. The molecule has 2 fully saturated rings. The second-order valence-corrected chi connectivity index (χ2v) is 8.42. The van der Waals surface area contributed by atoms with Gasteiger partial charge in [0.05, 0.1) is 26.3 Å². The minimum Gasteiger partial charge on any atom is -0.493 e. The van der Waals surface area contributed by atoms with Gasteiger partial charge in [-0.1, -0.05) is 31.4 Å². The third kappa shape index (κ3) is 4.75. The van der Waals surface area contributed by atoms with Gasteiger partial charge in [0.1, 0.15) is 0 Å². The summed E-state index contributed by atoms with van der Waals surface area (Å²) >= 11 is 0. The lowest BCUT2D eigenvalue weighted by atomic mass is 9.95. The third-order valence-electron chi connectivity index (χ3n) is 6.57. The zero-order chi connectivity index (χ0) is 21.6. The van der Waals surface area contributed by atoms with E-state index in [2.05, 4.69) is 48.7 Å². The molecule has 1 aliphatic heterocycles. The van der Waals surface area contributed by atoms with Gasteiger partial charge >= 0.3 is 0 Å². The first-order valence-corrected chi connectivity index (χ1v) is 11.3. The summed E-state index contributed by atoms with van der Waals surface area (Å²) in [6.07, 6.45) is 8.05. The monoisotopic (exact) mass is 426 g/mol. The molecule has 8 heteroatoms. The standard InChI is InChI=1S/C23H34N6O2/c1-4-12-27-13-15-28(16-14-27)22(18-10-11-20(30-2)21(17-18)31-3)23-24-25-26-29(23)19-8-6-5-7-9-19/h4,10-11,17,19,22H,1,5-9,12-16H2,2-3H3. The van der Waals surface area contributed by atoms with Crippen LogP contribution in [0.1, 0.15) is 55.6 Å². The number of rotatable bonds is 8. The molecule has 1 aromatic heterocycles. The minimum atomic E-state index is -0.0254. The molecule has 1 unspecified atom stereocenters. The number of piperazine rings is 1. The van der Waals surface area contributed by atoms with Crippen LogP contribution in [0.25, 0.3) is 0 Å². The Morgan fingerprint density at radius 1 is 1.06 bits per heavy atom. The lowest BCUT2D eigenvalue weighted by Gasteiger charge is -2.39. The number of aromatic nitrogens is 4. The summed E-state index contributed by atoms with van der Waals surface area (Å²) in [6, 6.07) is 6.51. The Bertz CT molecular complexity index is 856. The van der Waals surface area contributed by atoms with Gasteiger partial charge in [-0.3, -0.25) is 9.80 Å². The van der Waals surface area contributed by atoms with Crippen LogP contribution in [0.5, 0.6) is 11.5 Å². The van der Waals surface area contributed by atoms with Crippen molar-refractivity contribution in [2.45, 2.75) is 44.2 Å². The summed E-state index contributed by atoms with van der Waals surface area (Å²) in [4.78, 5) is 4.92. The number of ether oxygens (including phenoxy) is 2. The van der Waals surface area contributed by atoms with E-state index in [0.717, 1.165) is 68.5 Å². The van der Waals surface area contributed by atoms with Gasteiger partial charge in [0.2, 0.25) is 0 Å². The van der Waals surface area contributed by atoms with E-state index in [-0.39, 0.29) is 6.04 Å². The first-order chi connectivity index (χ1) is 15.2. The second kappa shape index (κ2) is 10.2. The fraction of sp³-hybridized carbons (Fsp3) is 0.609.